The molecule has 0 bridgehead atoms. The van der Waals surface area contributed by atoms with Crippen molar-refractivity contribution in [3.63, 3.8) is 0 Å². The normalized spacial score (nSPS) is 24.8. The molecule has 1 aromatic rings. The molecule has 1 amide bonds. The minimum absolute atomic E-state index is 0.0730. The van der Waals surface area contributed by atoms with Crippen LogP contribution in [-0.2, 0) is 4.79 Å². The van der Waals surface area contributed by atoms with E-state index in [0.29, 0.717) is 25.2 Å². The van der Waals surface area contributed by atoms with Crippen LogP contribution in [0.2, 0.25) is 0 Å². The summed E-state index contributed by atoms with van der Waals surface area (Å²) >= 11 is 0. The van der Waals surface area contributed by atoms with E-state index in [1.165, 1.54) is 6.07 Å². The summed E-state index contributed by atoms with van der Waals surface area (Å²) in [5.74, 6) is -0.435. The van der Waals surface area contributed by atoms with E-state index in [2.05, 4.69) is 0 Å². The Bertz CT molecular complexity index is 466. The molecule has 2 unspecified atom stereocenters. The van der Waals surface area contributed by atoms with Crippen LogP contribution in [0.5, 0.6) is 0 Å². The fraction of sp³-hybridized carbons (Fsp3) is 0.500. The highest BCUT2D eigenvalue weighted by Crippen LogP contribution is 2.25. The number of halogens is 1. The second-order valence-corrected chi connectivity index (χ2v) is 5.01. The number of nitrogens with two attached hydrogens (primary N) is 1. The number of likely N-dealkylation sites (N-methyl/N-ethyl adjacent to an activating group) is 1. The molecule has 0 radical (unpaired) electrons. The summed E-state index contributed by atoms with van der Waals surface area (Å²) in [6.07, 6.45) is 0.588. The fourth-order valence-electron chi connectivity index (χ4n) is 2.52. The van der Waals surface area contributed by atoms with Crippen LogP contribution in [0.25, 0.3) is 0 Å². The van der Waals surface area contributed by atoms with Crippen LogP contribution in [0.15, 0.2) is 24.3 Å². The number of anilines is 1. The summed E-state index contributed by atoms with van der Waals surface area (Å²) in [7, 11) is 1.92. The molecule has 1 aliphatic rings. The molecule has 104 valence electrons. The first-order valence-corrected chi connectivity index (χ1v) is 6.54. The van der Waals surface area contributed by atoms with Crippen molar-refractivity contribution in [1.29, 1.82) is 0 Å². The predicted molar refractivity (Wildman–Crippen MR) is 73.4 cm³/mol. The van der Waals surface area contributed by atoms with Crippen LogP contribution in [-0.4, -0.2) is 43.0 Å². The van der Waals surface area contributed by atoms with E-state index in [9.17, 15) is 9.18 Å². The maximum absolute atomic E-state index is 13.9. The van der Waals surface area contributed by atoms with Crippen molar-refractivity contribution < 1.29 is 9.18 Å². The Labute approximate surface area is 113 Å². The summed E-state index contributed by atoms with van der Waals surface area (Å²) in [6.45, 7) is 2.97. The predicted octanol–water partition coefficient (Wildman–Crippen LogP) is 1.21. The molecule has 1 saturated heterocycles. The third-order valence-corrected chi connectivity index (χ3v) is 3.77. The van der Waals surface area contributed by atoms with Gasteiger partial charge in [0.15, 0.2) is 0 Å². The van der Waals surface area contributed by atoms with Gasteiger partial charge in [0.05, 0.1) is 11.7 Å². The topological polar surface area (TPSA) is 49.6 Å². The van der Waals surface area contributed by atoms with E-state index in [0.717, 1.165) is 0 Å². The zero-order valence-electron chi connectivity index (χ0n) is 11.3. The van der Waals surface area contributed by atoms with Crippen LogP contribution in [0.1, 0.15) is 13.3 Å². The molecular formula is C14H20FN3O. The van der Waals surface area contributed by atoms with Crippen molar-refractivity contribution in [3.8, 4) is 0 Å². The van der Waals surface area contributed by atoms with Gasteiger partial charge >= 0.3 is 0 Å². The van der Waals surface area contributed by atoms with Gasteiger partial charge < -0.3 is 10.6 Å². The Morgan fingerprint density at radius 2 is 2.11 bits per heavy atom. The lowest BCUT2D eigenvalue weighted by Gasteiger charge is -2.43. The average molecular weight is 265 g/mol. The lowest BCUT2D eigenvalue weighted by atomic mass is 10.0. The third kappa shape index (κ3) is 2.62. The maximum Gasteiger partial charge on any atom is 0.244 e. The smallest absolute Gasteiger partial charge is 0.244 e. The van der Waals surface area contributed by atoms with Gasteiger partial charge in [-0.1, -0.05) is 12.1 Å². The zero-order chi connectivity index (χ0) is 14.0. The average Bonchev–Trinajstić information content (AvgIpc) is 2.40. The second kappa shape index (κ2) is 5.67. The van der Waals surface area contributed by atoms with Crippen LogP contribution in [0.4, 0.5) is 10.1 Å². The molecule has 0 spiro atoms. The van der Waals surface area contributed by atoms with E-state index < -0.39 is 0 Å². The molecule has 1 aromatic carbocycles. The quantitative estimate of drug-likeness (QED) is 0.893. The van der Waals surface area contributed by atoms with Crippen molar-refractivity contribution in [2.75, 3.05) is 25.0 Å². The summed E-state index contributed by atoms with van der Waals surface area (Å²) in [6, 6.07) is 6.29. The molecule has 1 heterocycles. The van der Waals surface area contributed by atoms with Crippen molar-refractivity contribution in [1.82, 2.24) is 4.90 Å². The van der Waals surface area contributed by atoms with Gasteiger partial charge in [-0.25, -0.2) is 4.39 Å². The number of carbonyl (C=O) groups is 1. The molecular weight excluding hydrogens is 245 g/mol. The molecule has 0 saturated carbocycles. The molecule has 0 aromatic heterocycles. The molecule has 5 heteroatoms. The Hall–Kier alpha value is -1.46. The highest BCUT2D eigenvalue weighted by Gasteiger charge is 2.37. The standard InChI is InChI=1S/C14H20FN3O/c1-10-9-18(12-6-4-3-5-11(12)15)14(19)13(7-8-16)17(10)2/h3-6,10,13H,7-9,16H2,1-2H3. The number of amides is 1. The number of carbonyl (C=O) groups excluding carboxylic acids is 1. The van der Waals surface area contributed by atoms with Gasteiger partial charge in [-0.2, -0.15) is 0 Å². The largest absolute Gasteiger partial charge is 0.330 e. The first-order valence-electron chi connectivity index (χ1n) is 6.54. The van der Waals surface area contributed by atoms with E-state index in [4.69, 9.17) is 5.73 Å². The second-order valence-electron chi connectivity index (χ2n) is 5.01. The molecule has 4 nitrogen and oxygen atoms in total. The van der Waals surface area contributed by atoms with Crippen LogP contribution >= 0.6 is 0 Å². The van der Waals surface area contributed by atoms with Crippen molar-refractivity contribution in [2.24, 2.45) is 5.73 Å². The van der Waals surface area contributed by atoms with Gasteiger partial charge in [0.2, 0.25) is 5.91 Å². The summed E-state index contributed by atoms with van der Waals surface area (Å²) < 4.78 is 13.9. The Kier molecular flexibility index (Phi) is 4.17. The molecule has 1 fully saturated rings. The monoisotopic (exact) mass is 265 g/mol. The molecule has 0 aliphatic carbocycles. The van der Waals surface area contributed by atoms with Crippen LogP contribution in [0.3, 0.4) is 0 Å². The van der Waals surface area contributed by atoms with Gasteiger partial charge in [0.25, 0.3) is 0 Å². The highest BCUT2D eigenvalue weighted by molar-refractivity contribution is 5.98. The van der Waals surface area contributed by atoms with E-state index >= 15 is 0 Å². The van der Waals surface area contributed by atoms with Gasteiger partial charge in [-0.3, -0.25) is 9.69 Å². The van der Waals surface area contributed by atoms with Gasteiger partial charge in [-0.15, -0.1) is 0 Å². The SMILES string of the molecule is CC1CN(c2ccccc2F)C(=O)C(CCN)N1C. The van der Waals surface area contributed by atoms with Gasteiger partial charge in [0.1, 0.15) is 5.82 Å². The first kappa shape index (κ1) is 14.0. The molecule has 2 N–H and O–H groups in total. The van der Waals surface area contributed by atoms with Crippen molar-refractivity contribution in [2.45, 2.75) is 25.4 Å². The number of para-hydroxylation sites is 1. The molecule has 2 atom stereocenters. The van der Waals surface area contributed by atoms with Crippen molar-refractivity contribution >= 4 is 11.6 Å². The highest BCUT2D eigenvalue weighted by atomic mass is 19.1. The number of hydrogen-bond donors (Lipinski definition) is 1. The van der Waals surface area contributed by atoms with E-state index in [1.54, 1.807) is 23.1 Å². The van der Waals surface area contributed by atoms with Crippen LogP contribution in [0, 0.1) is 5.82 Å². The zero-order valence-corrected chi connectivity index (χ0v) is 11.3. The van der Waals surface area contributed by atoms with Gasteiger partial charge in [0, 0.05) is 12.6 Å². The Morgan fingerprint density at radius 1 is 1.42 bits per heavy atom. The van der Waals surface area contributed by atoms with E-state index in [1.807, 2.05) is 18.9 Å². The minimum atomic E-state index is -0.362. The number of hydrogen-bond acceptors (Lipinski definition) is 3. The molecule has 19 heavy (non-hydrogen) atoms. The maximum atomic E-state index is 13.9. The Balaban J connectivity index is 2.31. The molecule has 1 aliphatic heterocycles. The lowest BCUT2D eigenvalue weighted by Crippen LogP contribution is -2.60. The number of rotatable bonds is 3. The minimum Gasteiger partial charge on any atom is -0.330 e. The van der Waals surface area contributed by atoms with Crippen molar-refractivity contribution in [3.05, 3.63) is 30.1 Å². The third-order valence-electron chi connectivity index (χ3n) is 3.77. The van der Waals surface area contributed by atoms with E-state index in [-0.39, 0.29) is 23.8 Å². The lowest BCUT2D eigenvalue weighted by molar-refractivity contribution is -0.126. The molecule has 2 rings (SSSR count). The first-order chi connectivity index (χ1) is 9.06. The summed E-state index contributed by atoms with van der Waals surface area (Å²) in [5.41, 5.74) is 5.93. The number of benzene rings is 1. The number of piperazine rings is 1. The Morgan fingerprint density at radius 3 is 2.74 bits per heavy atom. The van der Waals surface area contributed by atoms with Gasteiger partial charge in [-0.05, 0) is 39.1 Å². The fourth-order valence-corrected chi connectivity index (χ4v) is 2.52. The summed E-state index contributed by atoms with van der Waals surface area (Å²) in [4.78, 5) is 16.0. The number of nitrogens with zero attached hydrogens (tertiary/aromatic N) is 2. The summed E-state index contributed by atoms with van der Waals surface area (Å²) in [5, 5.41) is 0. The van der Waals surface area contributed by atoms with Crippen LogP contribution < -0.4 is 10.6 Å².